The molecule has 3 N–H and O–H groups in total. The summed E-state index contributed by atoms with van der Waals surface area (Å²) in [5, 5.41) is 11.7. The Morgan fingerprint density at radius 1 is 0.769 bits per heavy atom. The van der Waals surface area contributed by atoms with E-state index in [1.807, 2.05) is 73.7 Å². The molecule has 0 saturated carbocycles. The molecule has 3 nitrogen and oxygen atoms in total. The van der Waals surface area contributed by atoms with E-state index in [-0.39, 0.29) is 0 Å². The quantitative estimate of drug-likeness (QED) is 0.638. The van der Waals surface area contributed by atoms with E-state index >= 15 is 0 Å². The van der Waals surface area contributed by atoms with Gasteiger partial charge in [0.25, 0.3) is 0 Å². The molecule has 0 spiro atoms. The summed E-state index contributed by atoms with van der Waals surface area (Å²) in [6.45, 7) is 3.06. The van der Waals surface area contributed by atoms with Gasteiger partial charge in [-0.15, -0.1) is 0 Å². The molecular weight excluding hydrogens is 320 g/mol. The molecule has 0 radical (unpaired) electrons. The van der Waals surface area contributed by atoms with E-state index in [2.05, 4.69) is 29.2 Å². The van der Waals surface area contributed by atoms with Gasteiger partial charge in [0.2, 0.25) is 0 Å². The van der Waals surface area contributed by atoms with Crippen molar-refractivity contribution in [2.24, 2.45) is 5.73 Å². The summed E-state index contributed by atoms with van der Waals surface area (Å²) in [4.78, 5) is 2.05. The molecule has 2 atom stereocenters. The van der Waals surface area contributed by atoms with Crippen molar-refractivity contribution in [3.8, 4) is 0 Å². The van der Waals surface area contributed by atoms with E-state index in [0.717, 1.165) is 16.7 Å². The number of benzene rings is 3. The van der Waals surface area contributed by atoms with E-state index < -0.39 is 11.8 Å². The number of nitrogens with two attached hydrogens (primary N) is 1. The number of nitrogens with zero attached hydrogens (tertiary/aromatic N) is 1. The van der Waals surface area contributed by atoms with Gasteiger partial charge in [-0.2, -0.15) is 0 Å². The fourth-order valence-corrected chi connectivity index (χ4v) is 3.32. The Hall–Kier alpha value is -2.46. The highest BCUT2D eigenvalue weighted by molar-refractivity contribution is 5.26. The van der Waals surface area contributed by atoms with Gasteiger partial charge in [-0.3, -0.25) is 4.90 Å². The molecule has 0 aromatic heterocycles. The molecule has 0 bridgehead atoms. The van der Waals surface area contributed by atoms with Crippen LogP contribution in [0.15, 0.2) is 91.0 Å². The summed E-state index contributed by atoms with van der Waals surface area (Å²) in [5.41, 5.74) is 8.13. The Balaban J connectivity index is 2.01. The summed E-state index contributed by atoms with van der Waals surface area (Å²) >= 11 is 0. The van der Waals surface area contributed by atoms with E-state index in [9.17, 15) is 5.11 Å². The highest BCUT2D eigenvalue weighted by Crippen LogP contribution is 2.31. The minimum Gasteiger partial charge on any atom is -0.370 e. The van der Waals surface area contributed by atoms with Crippen LogP contribution in [0.1, 0.15) is 23.6 Å². The lowest BCUT2D eigenvalue weighted by Gasteiger charge is -2.43. The van der Waals surface area contributed by atoms with Crippen molar-refractivity contribution in [3.05, 3.63) is 108 Å². The van der Waals surface area contributed by atoms with Gasteiger partial charge in [0.05, 0.1) is 0 Å². The Morgan fingerprint density at radius 3 is 1.54 bits per heavy atom. The van der Waals surface area contributed by atoms with Crippen molar-refractivity contribution in [1.82, 2.24) is 4.90 Å². The van der Waals surface area contributed by atoms with Crippen LogP contribution in [0.4, 0.5) is 0 Å². The first-order valence-corrected chi connectivity index (χ1v) is 8.97. The van der Waals surface area contributed by atoms with Crippen LogP contribution in [0.3, 0.4) is 0 Å². The average Bonchev–Trinajstić information content (AvgIpc) is 2.69. The molecule has 3 aromatic carbocycles. The summed E-state index contributed by atoms with van der Waals surface area (Å²) < 4.78 is 0. The number of rotatable bonds is 7. The normalized spacial score (nSPS) is 14.8. The predicted octanol–water partition coefficient (Wildman–Crippen LogP) is 3.88. The van der Waals surface area contributed by atoms with Gasteiger partial charge in [0.1, 0.15) is 0 Å². The van der Waals surface area contributed by atoms with Gasteiger partial charge in [-0.05, 0) is 18.1 Å². The van der Waals surface area contributed by atoms with Crippen LogP contribution in [-0.2, 0) is 18.8 Å². The first-order valence-electron chi connectivity index (χ1n) is 8.97. The molecule has 3 rings (SSSR count). The van der Waals surface area contributed by atoms with Crippen LogP contribution in [0.25, 0.3) is 0 Å². The average molecular weight is 346 g/mol. The number of aliphatic hydroxyl groups is 1. The Labute approximate surface area is 155 Å². The Kier molecular flexibility index (Phi) is 5.84. The first kappa shape index (κ1) is 18.3. The second-order valence-corrected chi connectivity index (χ2v) is 6.71. The van der Waals surface area contributed by atoms with Crippen LogP contribution in [0.5, 0.6) is 0 Å². The van der Waals surface area contributed by atoms with Crippen LogP contribution in [-0.4, -0.2) is 16.0 Å². The zero-order valence-corrected chi connectivity index (χ0v) is 15.1. The Bertz CT molecular complexity index is 749. The molecule has 134 valence electrons. The summed E-state index contributed by atoms with van der Waals surface area (Å²) in [7, 11) is 0. The van der Waals surface area contributed by atoms with Crippen molar-refractivity contribution < 1.29 is 5.11 Å². The molecule has 0 saturated heterocycles. The van der Waals surface area contributed by atoms with E-state index in [0.29, 0.717) is 13.1 Å². The Morgan fingerprint density at radius 2 is 1.15 bits per heavy atom. The zero-order chi connectivity index (χ0) is 18.4. The summed E-state index contributed by atoms with van der Waals surface area (Å²) in [5.74, 6) is 0. The van der Waals surface area contributed by atoms with Crippen LogP contribution >= 0.6 is 0 Å². The first-order chi connectivity index (χ1) is 12.6. The van der Waals surface area contributed by atoms with Crippen molar-refractivity contribution in [2.75, 3.05) is 0 Å². The molecular formula is C23H26N2O. The maximum Gasteiger partial charge on any atom is 0.160 e. The fourth-order valence-electron chi connectivity index (χ4n) is 3.32. The van der Waals surface area contributed by atoms with Gasteiger partial charge in [-0.1, -0.05) is 91.0 Å². The highest BCUT2D eigenvalue weighted by atomic mass is 16.3. The van der Waals surface area contributed by atoms with Crippen LogP contribution < -0.4 is 5.73 Å². The fraction of sp³-hybridized carbons (Fsp3) is 0.217. The molecule has 0 unspecified atom stereocenters. The smallest absolute Gasteiger partial charge is 0.160 e. The van der Waals surface area contributed by atoms with E-state index in [1.165, 1.54) is 0 Å². The lowest BCUT2D eigenvalue weighted by Crippen LogP contribution is -2.55. The third-order valence-electron chi connectivity index (χ3n) is 4.75. The minimum absolute atomic E-state index is 0.461. The standard InChI is InChI=1S/C23H26N2O/c1-19(24)23(26,22-15-9-4-10-16-22)25(17-20-11-5-2-6-12-20)18-21-13-7-3-8-14-21/h2-16,19,26H,17-18,24H2,1H3/t19-,23-/m1/s1. The monoisotopic (exact) mass is 346 g/mol. The maximum absolute atomic E-state index is 11.7. The molecule has 0 amide bonds. The molecule has 0 aliphatic rings. The van der Waals surface area contributed by atoms with Crippen LogP contribution in [0, 0.1) is 0 Å². The SMILES string of the molecule is C[C@@H](N)[C@@](O)(c1ccccc1)N(Cc1ccccc1)Cc1ccccc1. The second kappa shape index (κ2) is 8.28. The molecule has 0 aliphatic carbocycles. The van der Waals surface area contributed by atoms with Gasteiger partial charge >= 0.3 is 0 Å². The van der Waals surface area contributed by atoms with E-state index in [1.54, 1.807) is 0 Å². The largest absolute Gasteiger partial charge is 0.370 e. The summed E-state index contributed by atoms with van der Waals surface area (Å²) in [6.07, 6.45) is 0. The molecule has 3 heteroatoms. The van der Waals surface area contributed by atoms with Crippen LogP contribution in [0.2, 0.25) is 0 Å². The molecule has 3 aromatic rings. The zero-order valence-electron chi connectivity index (χ0n) is 15.1. The van der Waals surface area contributed by atoms with E-state index in [4.69, 9.17) is 5.73 Å². The third-order valence-corrected chi connectivity index (χ3v) is 4.75. The number of hydrogen-bond donors (Lipinski definition) is 2. The summed E-state index contributed by atoms with van der Waals surface area (Å²) in [6, 6.07) is 29.6. The topological polar surface area (TPSA) is 49.5 Å². The van der Waals surface area contributed by atoms with Gasteiger partial charge < -0.3 is 10.8 Å². The number of hydrogen-bond acceptors (Lipinski definition) is 3. The molecule has 0 aliphatic heterocycles. The second-order valence-electron chi connectivity index (χ2n) is 6.71. The van der Waals surface area contributed by atoms with Gasteiger partial charge in [-0.25, -0.2) is 0 Å². The van der Waals surface area contributed by atoms with Crippen molar-refractivity contribution in [2.45, 2.75) is 31.8 Å². The van der Waals surface area contributed by atoms with Crippen molar-refractivity contribution in [3.63, 3.8) is 0 Å². The third kappa shape index (κ3) is 4.02. The highest BCUT2D eigenvalue weighted by Gasteiger charge is 2.40. The maximum atomic E-state index is 11.7. The van der Waals surface area contributed by atoms with Gasteiger partial charge in [0, 0.05) is 24.7 Å². The van der Waals surface area contributed by atoms with Crippen molar-refractivity contribution in [1.29, 1.82) is 0 Å². The lowest BCUT2D eigenvalue weighted by molar-refractivity contribution is -0.141. The molecule has 0 heterocycles. The minimum atomic E-state index is -1.27. The predicted molar refractivity (Wildman–Crippen MR) is 106 cm³/mol. The molecule has 26 heavy (non-hydrogen) atoms. The molecule has 0 fully saturated rings. The van der Waals surface area contributed by atoms with Gasteiger partial charge in [0.15, 0.2) is 5.72 Å². The lowest BCUT2D eigenvalue weighted by atomic mass is 9.93. The van der Waals surface area contributed by atoms with Crippen molar-refractivity contribution >= 4 is 0 Å².